The van der Waals surface area contributed by atoms with E-state index in [0.29, 0.717) is 23.5 Å². The number of methoxy groups -OCH3 is 1. The molecule has 0 aliphatic heterocycles. The van der Waals surface area contributed by atoms with E-state index in [-0.39, 0.29) is 11.7 Å². The first-order valence-corrected chi connectivity index (χ1v) is 11.3. The number of hydrazone groups is 1. The summed E-state index contributed by atoms with van der Waals surface area (Å²) in [4.78, 5) is 24.5. The summed E-state index contributed by atoms with van der Waals surface area (Å²) in [5.41, 5.74) is 4.50. The van der Waals surface area contributed by atoms with E-state index in [9.17, 15) is 9.59 Å². The van der Waals surface area contributed by atoms with Crippen molar-refractivity contribution in [1.82, 2.24) is 5.43 Å². The second-order valence-corrected chi connectivity index (χ2v) is 7.50. The van der Waals surface area contributed by atoms with Crippen LogP contribution in [0.25, 0.3) is 6.08 Å². The van der Waals surface area contributed by atoms with Gasteiger partial charge >= 0.3 is 5.97 Å². The van der Waals surface area contributed by atoms with Gasteiger partial charge in [0.1, 0.15) is 5.75 Å². The minimum atomic E-state index is -0.525. The molecular formula is C28H28N2O5. The lowest BCUT2D eigenvalue weighted by Gasteiger charge is -2.08. The summed E-state index contributed by atoms with van der Waals surface area (Å²) in [6.07, 6.45) is 6.54. The van der Waals surface area contributed by atoms with Crippen molar-refractivity contribution in [3.63, 3.8) is 0 Å². The maximum atomic E-state index is 12.3. The predicted octanol–water partition coefficient (Wildman–Crippen LogP) is 5.26. The summed E-state index contributed by atoms with van der Waals surface area (Å²) in [6.45, 7) is 2.75. The Kier molecular flexibility index (Phi) is 9.63. The molecule has 35 heavy (non-hydrogen) atoms. The van der Waals surface area contributed by atoms with Crippen LogP contribution in [0, 0.1) is 0 Å². The second kappa shape index (κ2) is 13.3. The largest absolute Gasteiger partial charge is 0.494 e. The maximum absolute atomic E-state index is 12.3. The van der Waals surface area contributed by atoms with Crippen LogP contribution < -0.4 is 19.6 Å². The Morgan fingerprint density at radius 2 is 1.71 bits per heavy atom. The van der Waals surface area contributed by atoms with Crippen LogP contribution in [0.3, 0.4) is 0 Å². The fourth-order valence-corrected chi connectivity index (χ4v) is 2.99. The Hall–Kier alpha value is -4.39. The van der Waals surface area contributed by atoms with Crippen molar-refractivity contribution in [2.24, 2.45) is 5.10 Å². The number of amides is 1. The number of nitrogens with zero attached hydrogens (tertiary/aromatic N) is 1. The van der Waals surface area contributed by atoms with Crippen molar-refractivity contribution in [1.29, 1.82) is 0 Å². The van der Waals surface area contributed by atoms with Gasteiger partial charge < -0.3 is 14.2 Å². The van der Waals surface area contributed by atoms with Gasteiger partial charge in [0.25, 0.3) is 5.91 Å². The number of hydrogen-bond donors (Lipinski definition) is 1. The molecule has 0 aliphatic rings. The van der Waals surface area contributed by atoms with Crippen LogP contribution in [0.4, 0.5) is 0 Å². The lowest BCUT2D eigenvalue weighted by atomic mass is 10.2. The van der Waals surface area contributed by atoms with Crippen LogP contribution in [0.2, 0.25) is 0 Å². The number of esters is 1. The van der Waals surface area contributed by atoms with Gasteiger partial charge in [0.15, 0.2) is 11.5 Å². The Bertz CT molecular complexity index is 1170. The predicted molar refractivity (Wildman–Crippen MR) is 136 cm³/mol. The molecule has 0 saturated carbocycles. The number of unbranched alkanes of at least 4 members (excludes halogenated alkanes) is 1. The van der Waals surface area contributed by atoms with Crippen LogP contribution in [-0.2, 0) is 4.79 Å². The molecule has 7 nitrogen and oxygen atoms in total. The lowest BCUT2D eigenvalue weighted by Crippen LogP contribution is -2.17. The molecule has 0 spiro atoms. The summed E-state index contributed by atoms with van der Waals surface area (Å²) in [5.74, 6) is 0.492. The van der Waals surface area contributed by atoms with Crippen molar-refractivity contribution in [3.8, 4) is 17.2 Å². The zero-order chi connectivity index (χ0) is 24.9. The van der Waals surface area contributed by atoms with E-state index in [1.54, 1.807) is 48.5 Å². The van der Waals surface area contributed by atoms with Crippen LogP contribution in [0.1, 0.15) is 41.3 Å². The SMILES string of the molecule is CCCCOc1ccc(C(=O)NN=Cc2ccc(OC(=O)C=Cc3ccccc3)c(OC)c2)cc1. The summed E-state index contributed by atoms with van der Waals surface area (Å²) >= 11 is 0. The molecule has 0 unspecified atom stereocenters. The van der Waals surface area contributed by atoms with Crippen LogP contribution >= 0.6 is 0 Å². The van der Waals surface area contributed by atoms with Gasteiger partial charge in [0.05, 0.1) is 19.9 Å². The molecule has 0 aliphatic carbocycles. The van der Waals surface area contributed by atoms with E-state index in [4.69, 9.17) is 14.2 Å². The molecule has 0 radical (unpaired) electrons. The van der Waals surface area contributed by atoms with E-state index in [2.05, 4.69) is 17.5 Å². The summed E-state index contributed by atoms with van der Waals surface area (Å²) in [7, 11) is 1.48. The van der Waals surface area contributed by atoms with Crippen molar-refractivity contribution in [3.05, 3.63) is 95.6 Å². The Balaban J connectivity index is 1.55. The number of rotatable bonds is 11. The van der Waals surface area contributed by atoms with Gasteiger partial charge in [-0.05, 0) is 66.1 Å². The van der Waals surface area contributed by atoms with Crippen LogP contribution in [0.5, 0.6) is 17.2 Å². The Morgan fingerprint density at radius 1 is 0.943 bits per heavy atom. The molecule has 0 atom stereocenters. The summed E-state index contributed by atoms with van der Waals surface area (Å²) < 4.78 is 16.3. The van der Waals surface area contributed by atoms with E-state index in [1.807, 2.05) is 30.3 Å². The van der Waals surface area contributed by atoms with E-state index in [1.165, 1.54) is 19.4 Å². The number of ether oxygens (including phenoxy) is 3. The average molecular weight is 473 g/mol. The van der Waals surface area contributed by atoms with Gasteiger partial charge in [-0.25, -0.2) is 10.2 Å². The van der Waals surface area contributed by atoms with Gasteiger partial charge in [-0.2, -0.15) is 5.10 Å². The quantitative estimate of drug-likeness (QED) is 0.103. The molecule has 0 saturated heterocycles. The molecule has 0 fully saturated rings. The van der Waals surface area contributed by atoms with Gasteiger partial charge in [0.2, 0.25) is 0 Å². The Morgan fingerprint density at radius 3 is 2.43 bits per heavy atom. The molecule has 3 aromatic rings. The smallest absolute Gasteiger partial charge is 0.336 e. The van der Waals surface area contributed by atoms with Crippen LogP contribution in [-0.4, -0.2) is 31.8 Å². The topological polar surface area (TPSA) is 86.2 Å². The van der Waals surface area contributed by atoms with E-state index >= 15 is 0 Å². The molecule has 1 N–H and O–H groups in total. The van der Waals surface area contributed by atoms with Crippen molar-refractivity contribution in [2.75, 3.05) is 13.7 Å². The highest BCUT2D eigenvalue weighted by Crippen LogP contribution is 2.28. The van der Waals surface area contributed by atoms with Gasteiger partial charge in [-0.3, -0.25) is 4.79 Å². The normalized spacial score (nSPS) is 10.9. The highest BCUT2D eigenvalue weighted by molar-refractivity contribution is 5.95. The molecule has 3 rings (SSSR count). The van der Waals surface area contributed by atoms with Crippen molar-refractivity contribution < 1.29 is 23.8 Å². The van der Waals surface area contributed by atoms with Crippen LogP contribution in [0.15, 0.2) is 84.0 Å². The third-order valence-corrected chi connectivity index (χ3v) is 4.87. The monoisotopic (exact) mass is 472 g/mol. The number of carbonyl (C=O) groups is 2. The third-order valence-electron chi connectivity index (χ3n) is 4.87. The zero-order valence-electron chi connectivity index (χ0n) is 19.8. The zero-order valence-corrected chi connectivity index (χ0v) is 19.8. The third kappa shape index (κ3) is 8.16. The average Bonchev–Trinajstić information content (AvgIpc) is 2.89. The van der Waals surface area contributed by atoms with Gasteiger partial charge in [-0.1, -0.05) is 43.7 Å². The number of carbonyl (C=O) groups excluding carboxylic acids is 2. The molecule has 0 bridgehead atoms. The fourth-order valence-electron chi connectivity index (χ4n) is 2.99. The maximum Gasteiger partial charge on any atom is 0.336 e. The Labute approximate surface area is 205 Å². The molecule has 180 valence electrons. The highest BCUT2D eigenvalue weighted by atomic mass is 16.6. The van der Waals surface area contributed by atoms with Gasteiger partial charge in [-0.15, -0.1) is 0 Å². The first kappa shape index (κ1) is 25.2. The van der Waals surface area contributed by atoms with E-state index < -0.39 is 5.97 Å². The lowest BCUT2D eigenvalue weighted by molar-refractivity contribution is -0.129. The standard InChI is InChI=1S/C28H28N2O5/c1-3-4-18-34-24-14-12-23(13-15-24)28(32)30-29-20-22-10-16-25(26(19-22)33-2)35-27(31)17-11-21-8-6-5-7-9-21/h5-17,19-20H,3-4,18H2,1-2H3,(H,30,32). The highest BCUT2D eigenvalue weighted by Gasteiger charge is 2.09. The molecule has 0 heterocycles. The first-order valence-electron chi connectivity index (χ1n) is 11.3. The fraction of sp³-hybridized carbons (Fsp3) is 0.179. The number of benzene rings is 3. The van der Waals surface area contributed by atoms with Gasteiger partial charge in [0, 0.05) is 11.6 Å². The van der Waals surface area contributed by atoms with Crippen molar-refractivity contribution >= 4 is 24.2 Å². The number of hydrogen-bond acceptors (Lipinski definition) is 6. The molecule has 3 aromatic carbocycles. The molecule has 0 aromatic heterocycles. The summed E-state index contributed by atoms with van der Waals surface area (Å²) in [5, 5.41) is 4.00. The molecule has 7 heteroatoms. The number of nitrogens with one attached hydrogen (secondary N) is 1. The second-order valence-electron chi connectivity index (χ2n) is 7.50. The molecule has 1 amide bonds. The minimum absolute atomic E-state index is 0.276. The van der Waals surface area contributed by atoms with Crippen molar-refractivity contribution in [2.45, 2.75) is 19.8 Å². The minimum Gasteiger partial charge on any atom is -0.494 e. The first-order chi connectivity index (χ1) is 17.1. The summed E-state index contributed by atoms with van der Waals surface area (Å²) in [6, 6.07) is 21.3. The van der Waals surface area contributed by atoms with E-state index in [0.717, 1.165) is 24.2 Å². The molecular weight excluding hydrogens is 444 g/mol.